The molecule has 2 atom stereocenters. The number of ether oxygens (including phenoxy) is 1. The molecule has 1 fully saturated rings. The van der Waals surface area contributed by atoms with Gasteiger partial charge in [-0.15, -0.1) is 0 Å². The van der Waals surface area contributed by atoms with Crippen LogP contribution in [0.4, 0.5) is 5.69 Å². The third-order valence-corrected chi connectivity index (χ3v) is 5.12. The Morgan fingerprint density at radius 2 is 1.96 bits per heavy atom. The first-order chi connectivity index (χ1) is 13.7. The molecule has 3 N–H and O–H groups in total. The van der Waals surface area contributed by atoms with Crippen molar-refractivity contribution in [1.82, 2.24) is 10.3 Å². The largest absolute Gasteiger partial charge is 0.461 e. The minimum Gasteiger partial charge on any atom is -0.461 e. The zero-order valence-corrected chi connectivity index (χ0v) is 15.7. The fourth-order valence-corrected chi connectivity index (χ4v) is 3.79. The molecule has 1 amide bonds. The molecule has 3 aromatic rings. The van der Waals surface area contributed by atoms with Crippen molar-refractivity contribution in [3.05, 3.63) is 65.9 Å². The Labute approximate surface area is 163 Å². The van der Waals surface area contributed by atoms with Gasteiger partial charge in [0.25, 0.3) is 0 Å². The maximum absolute atomic E-state index is 12.9. The van der Waals surface area contributed by atoms with E-state index in [1.165, 1.54) is 5.56 Å². The lowest BCUT2D eigenvalue weighted by Gasteiger charge is -2.19. The Bertz CT molecular complexity index is 997. The van der Waals surface area contributed by atoms with Crippen LogP contribution in [0.1, 0.15) is 35.3 Å². The van der Waals surface area contributed by atoms with Crippen molar-refractivity contribution in [3.63, 3.8) is 0 Å². The quantitative estimate of drug-likeness (QED) is 0.595. The molecule has 2 aromatic carbocycles. The average molecular weight is 377 g/mol. The van der Waals surface area contributed by atoms with Crippen molar-refractivity contribution >= 4 is 28.5 Å². The van der Waals surface area contributed by atoms with E-state index >= 15 is 0 Å². The highest BCUT2D eigenvalue weighted by atomic mass is 16.5. The molecule has 1 aromatic heterocycles. The second-order valence-electron chi connectivity index (χ2n) is 6.93. The van der Waals surface area contributed by atoms with Gasteiger partial charge in [0, 0.05) is 22.5 Å². The van der Waals surface area contributed by atoms with E-state index in [0.29, 0.717) is 18.0 Å². The third-order valence-electron chi connectivity index (χ3n) is 5.12. The normalized spacial score (nSPS) is 18.9. The van der Waals surface area contributed by atoms with Gasteiger partial charge in [0.05, 0.1) is 12.6 Å². The number of anilines is 1. The minimum atomic E-state index is -0.384. The van der Waals surface area contributed by atoms with Crippen molar-refractivity contribution in [2.24, 2.45) is 0 Å². The molecule has 6 nitrogen and oxygen atoms in total. The molecule has 0 unspecified atom stereocenters. The standard InChI is InChI=1S/C22H23N3O3/c1-2-28-22(27)19-13-15-12-16(8-9-18(15)25-19)24-21(26)20-17(10-11-23-20)14-6-4-3-5-7-14/h3-9,12-13,17,20,23,25H,2,10-11H2,1H3,(H,24,26)/t17-,20+/m1/s1. The van der Waals surface area contributed by atoms with Crippen molar-refractivity contribution < 1.29 is 14.3 Å². The van der Waals surface area contributed by atoms with Crippen LogP contribution in [0.25, 0.3) is 10.9 Å². The minimum absolute atomic E-state index is 0.0492. The van der Waals surface area contributed by atoms with Crippen molar-refractivity contribution in [2.45, 2.75) is 25.3 Å². The lowest BCUT2D eigenvalue weighted by atomic mass is 9.91. The third kappa shape index (κ3) is 3.64. The molecule has 2 heterocycles. The number of hydrogen-bond acceptors (Lipinski definition) is 4. The maximum atomic E-state index is 12.9. The predicted molar refractivity (Wildman–Crippen MR) is 108 cm³/mol. The van der Waals surface area contributed by atoms with Gasteiger partial charge in [-0.25, -0.2) is 4.79 Å². The first-order valence-electron chi connectivity index (χ1n) is 9.55. The fraction of sp³-hybridized carbons (Fsp3) is 0.273. The summed E-state index contributed by atoms with van der Waals surface area (Å²) in [6.45, 7) is 2.91. The SMILES string of the molecule is CCOC(=O)c1cc2cc(NC(=O)[C@H]3NCC[C@@H]3c3ccccc3)ccc2[nH]1. The molecule has 144 valence electrons. The fourth-order valence-electron chi connectivity index (χ4n) is 3.79. The van der Waals surface area contributed by atoms with Crippen molar-refractivity contribution in [1.29, 1.82) is 0 Å². The molecule has 1 saturated heterocycles. The number of aromatic nitrogens is 1. The Hall–Kier alpha value is -3.12. The van der Waals surface area contributed by atoms with Crippen LogP contribution >= 0.6 is 0 Å². The molecule has 6 heteroatoms. The molecule has 1 aliphatic heterocycles. The van der Waals surface area contributed by atoms with E-state index in [1.54, 1.807) is 13.0 Å². The summed E-state index contributed by atoms with van der Waals surface area (Å²) >= 11 is 0. The average Bonchev–Trinajstić information content (AvgIpc) is 3.36. The van der Waals surface area contributed by atoms with Gasteiger partial charge in [0.1, 0.15) is 5.69 Å². The van der Waals surface area contributed by atoms with Crippen molar-refractivity contribution in [2.75, 3.05) is 18.5 Å². The van der Waals surface area contributed by atoms with Gasteiger partial charge in [-0.2, -0.15) is 0 Å². The van der Waals surface area contributed by atoms with Gasteiger partial charge < -0.3 is 20.4 Å². The van der Waals surface area contributed by atoms with Gasteiger partial charge >= 0.3 is 5.97 Å². The second kappa shape index (κ2) is 7.86. The number of H-pyrrole nitrogens is 1. The Kier molecular flexibility index (Phi) is 5.12. The number of carbonyl (C=O) groups is 2. The summed E-state index contributed by atoms with van der Waals surface area (Å²) in [7, 11) is 0. The first-order valence-corrected chi connectivity index (χ1v) is 9.55. The molecule has 0 aliphatic carbocycles. The predicted octanol–water partition coefficient (Wildman–Crippen LogP) is 3.43. The van der Waals surface area contributed by atoms with E-state index in [1.807, 2.05) is 36.4 Å². The van der Waals surface area contributed by atoms with Crippen LogP contribution < -0.4 is 10.6 Å². The van der Waals surface area contributed by atoms with Gasteiger partial charge in [0.2, 0.25) is 5.91 Å². The van der Waals surface area contributed by atoms with Crippen LogP contribution in [0, 0.1) is 0 Å². The number of hydrogen-bond donors (Lipinski definition) is 3. The smallest absolute Gasteiger partial charge is 0.354 e. The van der Waals surface area contributed by atoms with Crippen LogP contribution in [0.3, 0.4) is 0 Å². The molecule has 4 rings (SSSR count). The van der Waals surface area contributed by atoms with E-state index in [4.69, 9.17) is 4.74 Å². The molecular formula is C22H23N3O3. The molecule has 0 saturated carbocycles. The van der Waals surface area contributed by atoms with E-state index in [0.717, 1.165) is 23.9 Å². The topological polar surface area (TPSA) is 83.2 Å². The van der Waals surface area contributed by atoms with Crippen LogP contribution in [-0.2, 0) is 9.53 Å². The summed E-state index contributed by atoms with van der Waals surface area (Å²) in [6.07, 6.45) is 0.932. The number of esters is 1. The van der Waals surface area contributed by atoms with E-state index in [-0.39, 0.29) is 23.8 Å². The number of aromatic amines is 1. The second-order valence-corrected chi connectivity index (χ2v) is 6.93. The summed E-state index contributed by atoms with van der Waals surface area (Å²) in [5, 5.41) is 7.17. The highest BCUT2D eigenvalue weighted by molar-refractivity contribution is 5.99. The lowest BCUT2D eigenvalue weighted by molar-refractivity contribution is -0.118. The molecule has 1 aliphatic rings. The highest BCUT2D eigenvalue weighted by Gasteiger charge is 2.33. The van der Waals surface area contributed by atoms with E-state index in [9.17, 15) is 9.59 Å². The lowest BCUT2D eigenvalue weighted by Crippen LogP contribution is -2.39. The highest BCUT2D eigenvalue weighted by Crippen LogP contribution is 2.29. The number of benzene rings is 2. The number of fused-ring (bicyclic) bond motifs is 1. The summed E-state index contributed by atoms with van der Waals surface area (Å²) in [6, 6.07) is 17.1. The Morgan fingerprint density at radius 1 is 1.14 bits per heavy atom. The van der Waals surface area contributed by atoms with Gasteiger partial charge in [0.15, 0.2) is 0 Å². The van der Waals surface area contributed by atoms with Crippen LogP contribution in [-0.4, -0.2) is 36.1 Å². The Balaban J connectivity index is 1.51. The van der Waals surface area contributed by atoms with Gasteiger partial charge in [-0.05, 0) is 49.7 Å². The number of rotatable bonds is 5. The summed E-state index contributed by atoms with van der Waals surface area (Å²) in [5.41, 5.74) is 3.10. The zero-order chi connectivity index (χ0) is 19.5. The zero-order valence-electron chi connectivity index (χ0n) is 15.7. The Morgan fingerprint density at radius 3 is 2.75 bits per heavy atom. The monoisotopic (exact) mass is 377 g/mol. The maximum Gasteiger partial charge on any atom is 0.354 e. The van der Waals surface area contributed by atoms with Crippen LogP contribution in [0.15, 0.2) is 54.6 Å². The molecule has 28 heavy (non-hydrogen) atoms. The molecule has 0 bridgehead atoms. The summed E-state index contributed by atoms with van der Waals surface area (Å²) < 4.78 is 5.03. The van der Waals surface area contributed by atoms with E-state index < -0.39 is 0 Å². The molecule has 0 spiro atoms. The summed E-state index contributed by atoms with van der Waals surface area (Å²) in [4.78, 5) is 27.8. The van der Waals surface area contributed by atoms with Gasteiger partial charge in [-0.1, -0.05) is 30.3 Å². The number of nitrogens with one attached hydrogen (secondary N) is 3. The van der Waals surface area contributed by atoms with Crippen LogP contribution in [0.2, 0.25) is 0 Å². The van der Waals surface area contributed by atoms with Gasteiger partial charge in [-0.3, -0.25) is 4.79 Å². The molecule has 0 radical (unpaired) electrons. The number of amides is 1. The van der Waals surface area contributed by atoms with E-state index in [2.05, 4.69) is 27.8 Å². The summed E-state index contributed by atoms with van der Waals surface area (Å²) in [5.74, 6) is -0.274. The molecular weight excluding hydrogens is 354 g/mol. The van der Waals surface area contributed by atoms with Crippen molar-refractivity contribution in [3.8, 4) is 0 Å². The number of carbonyl (C=O) groups excluding carboxylic acids is 2. The first kappa shape index (κ1) is 18.3. The van der Waals surface area contributed by atoms with Crippen LogP contribution in [0.5, 0.6) is 0 Å².